The van der Waals surface area contributed by atoms with Gasteiger partial charge in [-0.25, -0.2) is 4.68 Å². The summed E-state index contributed by atoms with van der Waals surface area (Å²) in [7, 11) is 1.67. The highest BCUT2D eigenvalue weighted by atomic mass is 16.5. The molecule has 0 unspecified atom stereocenters. The number of nitrogens with zero attached hydrogens (tertiary/aromatic N) is 5. The molecule has 2 aromatic heterocycles. The van der Waals surface area contributed by atoms with Crippen molar-refractivity contribution in [2.45, 2.75) is 52.0 Å². The first-order valence-electron chi connectivity index (χ1n) is 11.9. The van der Waals surface area contributed by atoms with Crippen LogP contribution < -0.4 is 10.3 Å². The maximum absolute atomic E-state index is 13.0. The van der Waals surface area contributed by atoms with E-state index in [0.29, 0.717) is 31.7 Å². The number of rotatable bonds is 9. The zero-order valence-electron chi connectivity index (χ0n) is 20.1. The fraction of sp³-hybridized carbons (Fsp3) is 0.385. The van der Waals surface area contributed by atoms with E-state index in [-0.39, 0.29) is 11.7 Å². The Morgan fingerprint density at radius 2 is 2.00 bits per heavy atom. The van der Waals surface area contributed by atoms with Gasteiger partial charge in [0.25, 0.3) is 5.56 Å². The minimum atomic E-state index is -0.0923. The fourth-order valence-electron chi connectivity index (χ4n) is 4.63. The van der Waals surface area contributed by atoms with Crippen LogP contribution >= 0.6 is 0 Å². The van der Waals surface area contributed by atoms with Gasteiger partial charge in [0.05, 0.1) is 26.3 Å². The molecule has 0 spiro atoms. The van der Waals surface area contributed by atoms with Gasteiger partial charge in [-0.3, -0.25) is 9.69 Å². The SMILES string of the molecule is COc1ccccc1CN(Cc1cc2cc(C)ccc2[nH]c1=O)Cc1nnnn1C[C@H]1CCCO1. The molecule has 1 fully saturated rings. The zero-order chi connectivity index (χ0) is 24.2. The minimum Gasteiger partial charge on any atom is -0.496 e. The highest BCUT2D eigenvalue weighted by Crippen LogP contribution is 2.22. The first kappa shape index (κ1) is 23.2. The fourth-order valence-corrected chi connectivity index (χ4v) is 4.63. The van der Waals surface area contributed by atoms with Gasteiger partial charge in [0.2, 0.25) is 0 Å². The lowest BCUT2D eigenvalue weighted by atomic mass is 10.1. The lowest BCUT2D eigenvalue weighted by Crippen LogP contribution is -2.29. The number of H-pyrrole nitrogens is 1. The molecule has 1 aliphatic rings. The molecule has 1 atom stereocenters. The van der Waals surface area contributed by atoms with Crippen molar-refractivity contribution in [2.24, 2.45) is 0 Å². The van der Waals surface area contributed by atoms with Crippen molar-refractivity contribution in [1.82, 2.24) is 30.1 Å². The number of hydrogen-bond donors (Lipinski definition) is 1. The Bertz CT molecular complexity index is 1360. The number of fused-ring (bicyclic) bond motifs is 1. The summed E-state index contributed by atoms with van der Waals surface area (Å²) in [5, 5.41) is 13.4. The number of para-hydroxylation sites is 1. The quantitative estimate of drug-likeness (QED) is 0.398. The smallest absolute Gasteiger partial charge is 0.252 e. The number of ether oxygens (including phenoxy) is 2. The van der Waals surface area contributed by atoms with Crippen LogP contribution in [0.3, 0.4) is 0 Å². The topological polar surface area (TPSA) is 98.2 Å². The Morgan fingerprint density at radius 3 is 2.83 bits per heavy atom. The molecule has 0 saturated carbocycles. The van der Waals surface area contributed by atoms with Gasteiger partial charge in [-0.1, -0.05) is 29.8 Å². The van der Waals surface area contributed by atoms with E-state index in [4.69, 9.17) is 9.47 Å². The van der Waals surface area contributed by atoms with Crippen LogP contribution in [0.1, 0.15) is 35.4 Å². The summed E-state index contributed by atoms with van der Waals surface area (Å²) in [5.74, 6) is 1.54. The van der Waals surface area contributed by atoms with E-state index in [0.717, 1.165) is 53.1 Å². The third-order valence-corrected chi connectivity index (χ3v) is 6.43. The van der Waals surface area contributed by atoms with E-state index >= 15 is 0 Å². The van der Waals surface area contributed by atoms with Crippen LogP contribution in [-0.4, -0.2) is 49.9 Å². The number of aryl methyl sites for hydroxylation is 1. The van der Waals surface area contributed by atoms with Gasteiger partial charge in [-0.15, -0.1) is 5.10 Å². The Hall–Kier alpha value is -3.56. The Labute approximate surface area is 203 Å². The van der Waals surface area contributed by atoms with Crippen LogP contribution in [0, 0.1) is 6.92 Å². The normalized spacial score (nSPS) is 15.8. The zero-order valence-corrected chi connectivity index (χ0v) is 20.1. The molecule has 9 nitrogen and oxygen atoms in total. The number of tetrazole rings is 1. The maximum atomic E-state index is 13.0. The van der Waals surface area contributed by atoms with Crippen LogP contribution in [0.2, 0.25) is 0 Å². The summed E-state index contributed by atoms with van der Waals surface area (Å²) in [6.07, 6.45) is 2.20. The van der Waals surface area contributed by atoms with Crippen LogP contribution in [0.5, 0.6) is 5.75 Å². The first-order chi connectivity index (χ1) is 17.1. The van der Waals surface area contributed by atoms with Crippen molar-refractivity contribution < 1.29 is 9.47 Å². The summed E-state index contributed by atoms with van der Waals surface area (Å²) in [5.41, 5.74) is 3.61. The molecule has 35 heavy (non-hydrogen) atoms. The average Bonchev–Trinajstić information content (AvgIpc) is 3.53. The van der Waals surface area contributed by atoms with Gasteiger partial charge in [0.15, 0.2) is 5.82 Å². The number of benzene rings is 2. The second-order valence-electron chi connectivity index (χ2n) is 9.08. The molecule has 1 saturated heterocycles. The Morgan fingerprint density at radius 1 is 1.14 bits per heavy atom. The molecule has 182 valence electrons. The third kappa shape index (κ3) is 5.41. The summed E-state index contributed by atoms with van der Waals surface area (Å²) in [6.45, 7) is 4.94. The number of nitrogens with one attached hydrogen (secondary N) is 1. The van der Waals surface area contributed by atoms with Crippen molar-refractivity contribution in [1.29, 1.82) is 0 Å². The Balaban J connectivity index is 1.45. The lowest BCUT2D eigenvalue weighted by molar-refractivity contribution is 0.0914. The van der Waals surface area contributed by atoms with E-state index in [1.165, 1.54) is 0 Å². The van der Waals surface area contributed by atoms with Gasteiger partial charge in [0.1, 0.15) is 5.75 Å². The maximum Gasteiger partial charge on any atom is 0.252 e. The van der Waals surface area contributed by atoms with E-state index in [1.807, 2.05) is 54.1 Å². The Kier molecular flexibility index (Phi) is 6.87. The molecule has 0 aliphatic carbocycles. The molecule has 0 amide bonds. The molecule has 1 aliphatic heterocycles. The van der Waals surface area contributed by atoms with E-state index < -0.39 is 0 Å². The minimum absolute atomic E-state index is 0.0923. The molecule has 3 heterocycles. The van der Waals surface area contributed by atoms with Crippen molar-refractivity contribution in [3.05, 3.63) is 81.4 Å². The van der Waals surface area contributed by atoms with Gasteiger partial charge in [-0.2, -0.15) is 0 Å². The van der Waals surface area contributed by atoms with Gasteiger partial charge in [-0.05, 0) is 59.8 Å². The van der Waals surface area contributed by atoms with Crippen molar-refractivity contribution in [3.8, 4) is 5.75 Å². The number of aromatic amines is 1. The van der Waals surface area contributed by atoms with Crippen LogP contribution in [0.25, 0.3) is 10.9 Å². The predicted molar refractivity (Wildman–Crippen MR) is 132 cm³/mol. The lowest BCUT2D eigenvalue weighted by Gasteiger charge is -2.23. The summed E-state index contributed by atoms with van der Waals surface area (Å²) >= 11 is 0. The predicted octanol–water partition coefficient (Wildman–Crippen LogP) is 3.21. The molecule has 0 bridgehead atoms. The molecule has 5 rings (SSSR count). The molecule has 9 heteroatoms. The van der Waals surface area contributed by atoms with Gasteiger partial charge < -0.3 is 14.5 Å². The van der Waals surface area contributed by atoms with Crippen LogP contribution in [0.15, 0.2) is 53.3 Å². The second kappa shape index (κ2) is 10.4. The standard InChI is InChI=1S/C26H30N6O3/c1-18-9-10-23-20(12-18)13-21(26(33)27-23)15-31(14-19-6-3-4-8-24(19)34-2)17-25-28-29-30-32(25)16-22-7-5-11-35-22/h3-4,6,8-10,12-13,22H,5,7,11,14-17H2,1-2H3,(H,27,33)/t22-/m1/s1. The van der Waals surface area contributed by atoms with Gasteiger partial charge >= 0.3 is 0 Å². The molecule has 2 aromatic carbocycles. The molecular formula is C26H30N6O3. The van der Waals surface area contributed by atoms with Crippen molar-refractivity contribution >= 4 is 10.9 Å². The van der Waals surface area contributed by atoms with E-state index in [2.05, 4.69) is 31.5 Å². The van der Waals surface area contributed by atoms with Gasteiger partial charge in [0, 0.05) is 36.3 Å². The number of hydrogen-bond acceptors (Lipinski definition) is 7. The highest BCUT2D eigenvalue weighted by molar-refractivity contribution is 5.79. The average molecular weight is 475 g/mol. The number of methoxy groups -OCH3 is 1. The second-order valence-corrected chi connectivity index (χ2v) is 9.08. The van der Waals surface area contributed by atoms with Crippen molar-refractivity contribution in [2.75, 3.05) is 13.7 Å². The van der Waals surface area contributed by atoms with Crippen LogP contribution in [0.4, 0.5) is 0 Å². The molecule has 0 radical (unpaired) electrons. The summed E-state index contributed by atoms with van der Waals surface area (Å²) in [4.78, 5) is 18.2. The van der Waals surface area contributed by atoms with Crippen LogP contribution in [-0.2, 0) is 30.9 Å². The number of aromatic nitrogens is 5. The van der Waals surface area contributed by atoms with E-state index in [9.17, 15) is 4.79 Å². The molecule has 4 aromatic rings. The largest absolute Gasteiger partial charge is 0.496 e. The van der Waals surface area contributed by atoms with Crippen molar-refractivity contribution in [3.63, 3.8) is 0 Å². The molecular weight excluding hydrogens is 444 g/mol. The number of pyridine rings is 1. The summed E-state index contributed by atoms with van der Waals surface area (Å²) in [6, 6.07) is 15.9. The molecule has 1 N–H and O–H groups in total. The summed E-state index contributed by atoms with van der Waals surface area (Å²) < 4.78 is 13.2. The third-order valence-electron chi connectivity index (χ3n) is 6.43. The highest BCUT2D eigenvalue weighted by Gasteiger charge is 2.21. The monoisotopic (exact) mass is 474 g/mol. The first-order valence-corrected chi connectivity index (χ1v) is 11.9. The van der Waals surface area contributed by atoms with E-state index in [1.54, 1.807) is 7.11 Å².